The van der Waals surface area contributed by atoms with Crippen LogP contribution in [0.2, 0.25) is 0 Å². The summed E-state index contributed by atoms with van der Waals surface area (Å²) in [7, 11) is 0. The van der Waals surface area contributed by atoms with E-state index in [0.29, 0.717) is 6.07 Å². The lowest BCUT2D eigenvalue weighted by molar-refractivity contribution is -0.227. The van der Waals surface area contributed by atoms with E-state index in [-0.39, 0.29) is 5.75 Å². The molecule has 7 heteroatoms. The minimum atomic E-state index is -3.96. The summed E-state index contributed by atoms with van der Waals surface area (Å²) in [4.78, 5) is 0. The zero-order valence-corrected chi connectivity index (χ0v) is 11.0. The number of alkyl halides is 2. The molecule has 0 radical (unpaired) electrons. The van der Waals surface area contributed by atoms with E-state index in [2.05, 4.69) is 4.74 Å². The van der Waals surface area contributed by atoms with Crippen LogP contribution in [0, 0.1) is 17.5 Å². The van der Waals surface area contributed by atoms with Crippen LogP contribution in [0.4, 0.5) is 22.0 Å². The molecule has 1 saturated heterocycles. The molecule has 1 heterocycles. The molecule has 116 valence electrons. The Hall–Kier alpha value is -2.15. The van der Waals surface area contributed by atoms with Gasteiger partial charge in [-0.1, -0.05) is 0 Å². The second-order valence-electron chi connectivity index (χ2n) is 4.81. The lowest BCUT2D eigenvalue weighted by Gasteiger charge is -2.25. The van der Waals surface area contributed by atoms with Crippen molar-refractivity contribution in [3.05, 3.63) is 65.5 Å². The van der Waals surface area contributed by atoms with Crippen LogP contribution in [0.5, 0.6) is 5.75 Å². The van der Waals surface area contributed by atoms with E-state index >= 15 is 0 Å². The first-order valence-electron chi connectivity index (χ1n) is 6.26. The van der Waals surface area contributed by atoms with Crippen molar-refractivity contribution >= 4 is 0 Å². The summed E-state index contributed by atoms with van der Waals surface area (Å²) in [5.41, 5.74) is -3.02. The quantitative estimate of drug-likeness (QED) is 0.628. The van der Waals surface area contributed by atoms with E-state index in [9.17, 15) is 22.0 Å². The highest BCUT2D eigenvalue weighted by Gasteiger charge is 2.69. The highest BCUT2D eigenvalue weighted by Crippen LogP contribution is 2.52. The molecule has 1 aliphatic heterocycles. The van der Waals surface area contributed by atoms with Crippen LogP contribution in [0.1, 0.15) is 5.56 Å². The lowest BCUT2D eigenvalue weighted by Crippen LogP contribution is -2.41. The van der Waals surface area contributed by atoms with Gasteiger partial charge in [0, 0.05) is 5.56 Å². The van der Waals surface area contributed by atoms with E-state index in [0.717, 1.165) is 36.4 Å². The van der Waals surface area contributed by atoms with Gasteiger partial charge in [0.25, 0.3) is 0 Å². The molecule has 2 aromatic rings. The van der Waals surface area contributed by atoms with Crippen molar-refractivity contribution in [3.63, 3.8) is 0 Å². The Morgan fingerprint density at radius 3 is 2.14 bits per heavy atom. The SMILES string of the molecule is Fc1ccc(OC(F)(F)C2(c3cc(F)ccc3F)CO2)cc1. The molecule has 3 rings (SSSR count). The Morgan fingerprint density at radius 2 is 1.55 bits per heavy atom. The van der Waals surface area contributed by atoms with Crippen LogP contribution < -0.4 is 4.74 Å². The second-order valence-corrected chi connectivity index (χ2v) is 4.81. The number of ether oxygens (including phenoxy) is 2. The molecule has 22 heavy (non-hydrogen) atoms. The normalized spacial score (nSPS) is 20.8. The van der Waals surface area contributed by atoms with E-state index in [1.165, 1.54) is 0 Å². The molecular weight excluding hydrogens is 307 g/mol. The molecule has 1 unspecified atom stereocenters. The first kappa shape index (κ1) is 14.8. The maximum Gasteiger partial charge on any atom is 0.434 e. The topological polar surface area (TPSA) is 21.8 Å². The summed E-state index contributed by atoms with van der Waals surface area (Å²) in [5, 5.41) is 0. The first-order valence-corrected chi connectivity index (χ1v) is 6.26. The summed E-state index contributed by atoms with van der Waals surface area (Å²) in [6, 6.07) is 6.08. The average Bonchev–Trinajstić information content (AvgIpc) is 3.26. The van der Waals surface area contributed by atoms with E-state index in [4.69, 9.17) is 4.74 Å². The Kier molecular flexibility index (Phi) is 3.32. The maximum absolute atomic E-state index is 14.3. The van der Waals surface area contributed by atoms with E-state index < -0.39 is 41.3 Å². The maximum atomic E-state index is 14.3. The van der Waals surface area contributed by atoms with Crippen molar-refractivity contribution in [1.82, 2.24) is 0 Å². The van der Waals surface area contributed by atoms with Crippen molar-refractivity contribution < 1.29 is 31.4 Å². The molecule has 1 aliphatic rings. The van der Waals surface area contributed by atoms with Gasteiger partial charge in [-0.3, -0.25) is 0 Å². The average molecular weight is 316 g/mol. The first-order chi connectivity index (χ1) is 10.3. The van der Waals surface area contributed by atoms with Gasteiger partial charge in [-0.15, -0.1) is 0 Å². The van der Waals surface area contributed by atoms with Crippen LogP contribution in [-0.2, 0) is 10.3 Å². The van der Waals surface area contributed by atoms with Crippen LogP contribution in [0.15, 0.2) is 42.5 Å². The predicted molar refractivity (Wildman–Crippen MR) is 66.0 cm³/mol. The third-order valence-electron chi connectivity index (χ3n) is 3.33. The Labute approximate surface area is 122 Å². The number of halogens is 5. The highest BCUT2D eigenvalue weighted by molar-refractivity contribution is 5.32. The summed E-state index contributed by atoms with van der Waals surface area (Å²) in [6.45, 7) is -0.526. The predicted octanol–water partition coefficient (Wildman–Crippen LogP) is 4.00. The van der Waals surface area contributed by atoms with Gasteiger partial charge in [-0.05, 0) is 42.5 Å². The summed E-state index contributed by atoms with van der Waals surface area (Å²) < 4.78 is 77.6. The van der Waals surface area contributed by atoms with Gasteiger partial charge >= 0.3 is 6.11 Å². The summed E-state index contributed by atoms with van der Waals surface area (Å²) in [5.74, 6) is -2.84. The van der Waals surface area contributed by atoms with Crippen molar-refractivity contribution in [2.24, 2.45) is 0 Å². The minimum absolute atomic E-state index is 0.321. The second kappa shape index (κ2) is 4.95. The largest absolute Gasteiger partial charge is 0.434 e. The molecule has 0 amide bonds. The highest BCUT2D eigenvalue weighted by atomic mass is 19.3. The molecule has 1 fully saturated rings. The Morgan fingerprint density at radius 1 is 0.955 bits per heavy atom. The molecule has 2 aromatic carbocycles. The fraction of sp³-hybridized carbons (Fsp3) is 0.200. The molecule has 2 nitrogen and oxygen atoms in total. The fourth-order valence-corrected chi connectivity index (χ4v) is 2.09. The van der Waals surface area contributed by atoms with Crippen molar-refractivity contribution in [1.29, 1.82) is 0 Å². The third-order valence-corrected chi connectivity index (χ3v) is 3.33. The number of epoxide rings is 1. The van der Waals surface area contributed by atoms with Crippen LogP contribution in [-0.4, -0.2) is 12.7 Å². The van der Waals surface area contributed by atoms with Gasteiger partial charge in [0.1, 0.15) is 23.2 Å². The van der Waals surface area contributed by atoms with Gasteiger partial charge in [-0.2, -0.15) is 8.78 Å². The molecule has 1 atom stereocenters. The van der Waals surface area contributed by atoms with E-state index in [1.807, 2.05) is 0 Å². The summed E-state index contributed by atoms with van der Waals surface area (Å²) in [6.07, 6.45) is -3.96. The number of hydrogen-bond donors (Lipinski definition) is 0. The third kappa shape index (κ3) is 2.41. The smallest absolute Gasteiger partial charge is 0.430 e. The van der Waals surface area contributed by atoms with Gasteiger partial charge in [0.2, 0.25) is 5.60 Å². The zero-order valence-electron chi connectivity index (χ0n) is 11.0. The Balaban J connectivity index is 1.93. The van der Waals surface area contributed by atoms with Crippen LogP contribution in [0.3, 0.4) is 0 Å². The fourth-order valence-electron chi connectivity index (χ4n) is 2.09. The lowest BCUT2D eigenvalue weighted by atomic mass is 9.98. The monoisotopic (exact) mass is 316 g/mol. The number of rotatable bonds is 4. The molecule has 0 bridgehead atoms. The van der Waals surface area contributed by atoms with Gasteiger partial charge in [0.05, 0.1) is 6.61 Å². The standard InChI is InChI=1S/C15H9F5O2/c16-9-1-4-11(5-2-9)22-15(19,20)14(8-21-14)12-7-10(17)3-6-13(12)18/h1-7H,8H2. The molecule has 0 saturated carbocycles. The van der Waals surface area contributed by atoms with Crippen LogP contribution in [0.25, 0.3) is 0 Å². The van der Waals surface area contributed by atoms with Crippen molar-refractivity contribution in [3.8, 4) is 5.75 Å². The molecule has 0 spiro atoms. The molecule has 0 N–H and O–H groups in total. The molecule has 0 aromatic heterocycles. The Bertz CT molecular complexity index is 696. The van der Waals surface area contributed by atoms with Gasteiger partial charge < -0.3 is 9.47 Å². The minimum Gasteiger partial charge on any atom is -0.430 e. The summed E-state index contributed by atoms with van der Waals surface area (Å²) >= 11 is 0. The molecule has 0 aliphatic carbocycles. The van der Waals surface area contributed by atoms with E-state index in [1.54, 1.807) is 0 Å². The van der Waals surface area contributed by atoms with Crippen molar-refractivity contribution in [2.75, 3.05) is 6.61 Å². The van der Waals surface area contributed by atoms with Crippen molar-refractivity contribution in [2.45, 2.75) is 11.7 Å². The van der Waals surface area contributed by atoms with Gasteiger partial charge in [-0.25, -0.2) is 13.2 Å². The van der Waals surface area contributed by atoms with Crippen LogP contribution >= 0.6 is 0 Å². The number of hydrogen-bond acceptors (Lipinski definition) is 2. The van der Waals surface area contributed by atoms with Gasteiger partial charge in [0.15, 0.2) is 0 Å². The number of benzene rings is 2. The zero-order chi connectivity index (χ0) is 16.0. The molecular formula is C15H9F5O2.